The monoisotopic (exact) mass is 395 g/mol. The fourth-order valence-electron chi connectivity index (χ4n) is 3.62. The Balaban J connectivity index is 1.63. The summed E-state index contributed by atoms with van der Waals surface area (Å²) in [6.45, 7) is 2.39. The summed E-state index contributed by atoms with van der Waals surface area (Å²) < 4.78 is 11.0. The van der Waals surface area contributed by atoms with E-state index in [1.54, 1.807) is 11.3 Å². The van der Waals surface area contributed by atoms with E-state index >= 15 is 0 Å². The zero-order valence-corrected chi connectivity index (χ0v) is 16.2. The van der Waals surface area contributed by atoms with Crippen LogP contribution in [0, 0.1) is 6.92 Å². The lowest BCUT2D eigenvalue weighted by Gasteiger charge is -2.27. The first-order chi connectivity index (χ1) is 13.2. The molecule has 2 aliphatic rings. The van der Waals surface area contributed by atoms with E-state index in [0.717, 1.165) is 22.9 Å². The van der Waals surface area contributed by atoms with Crippen molar-refractivity contribution in [1.29, 1.82) is 0 Å². The number of thiocarbonyl (C=S) groups is 1. The molecule has 1 N–H and O–H groups in total. The number of benzene rings is 1. The molecule has 136 valence electrons. The minimum atomic E-state index is -0.0264. The molecule has 0 saturated carbocycles. The Morgan fingerprint density at radius 1 is 1.19 bits per heavy atom. The molecule has 7 heteroatoms. The number of thiophene rings is 1. The standard InChI is InChI=1S/C20H17N3O2S2/c1-12-7-9-27-19(12)18-17(14-4-2-3-8-21-14)22-20(26)23(18)13-5-6-15-16(10-13)25-11-24-15/h2-10,17-18H,11H2,1H3,(H,22,26)/t17-,18-/m1/s1. The molecule has 0 spiro atoms. The molecule has 1 aromatic carbocycles. The maximum absolute atomic E-state index is 5.74. The van der Waals surface area contributed by atoms with Gasteiger partial charge in [0.2, 0.25) is 6.79 Å². The fraction of sp³-hybridized carbons (Fsp3) is 0.200. The first-order valence-electron chi connectivity index (χ1n) is 8.66. The van der Waals surface area contributed by atoms with Crippen LogP contribution < -0.4 is 19.7 Å². The van der Waals surface area contributed by atoms with Crippen molar-refractivity contribution in [3.05, 3.63) is 70.2 Å². The van der Waals surface area contributed by atoms with Gasteiger partial charge in [0.05, 0.1) is 17.8 Å². The first-order valence-corrected chi connectivity index (χ1v) is 9.95. The van der Waals surface area contributed by atoms with Crippen LogP contribution in [-0.2, 0) is 0 Å². The van der Waals surface area contributed by atoms with Crippen LogP contribution in [0.2, 0.25) is 0 Å². The Morgan fingerprint density at radius 3 is 2.85 bits per heavy atom. The molecule has 5 rings (SSSR count). The summed E-state index contributed by atoms with van der Waals surface area (Å²) in [7, 11) is 0. The third-order valence-electron chi connectivity index (χ3n) is 4.90. The van der Waals surface area contributed by atoms with Crippen molar-refractivity contribution in [1.82, 2.24) is 10.3 Å². The summed E-state index contributed by atoms with van der Waals surface area (Å²) in [4.78, 5) is 8.02. The van der Waals surface area contributed by atoms with Crippen LogP contribution in [-0.4, -0.2) is 16.9 Å². The van der Waals surface area contributed by atoms with Gasteiger partial charge in [-0.15, -0.1) is 11.3 Å². The van der Waals surface area contributed by atoms with Gasteiger partial charge in [-0.05, 0) is 60.4 Å². The average molecular weight is 396 g/mol. The molecule has 27 heavy (non-hydrogen) atoms. The maximum Gasteiger partial charge on any atom is 0.231 e. The maximum atomic E-state index is 5.74. The third-order valence-corrected chi connectivity index (χ3v) is 6.31. The Bertz CT molecular complexity index is 1010. The van der Waals surface area contributed by atoms with Gasteiger partial charge >= 0.3 is 0 Å². The summed E-state index contributed by atoms with van der Waals surface area (Å²) >= 11 is 7.49. The van der Waals surface area contributed by atoms with Crippen LogP contribution >= 0.6 is 23.6 Å². The van der Waals surface area contributed by atoms with Crippen molar-refractivity contribution < 1.29 is 9.47 Å². The molecule has 0 aliphatic carbocycles. The molecule has 2 atom stereocenters. The minimum Gasteiger partial charge on any atom is -0.454 e. The minimum absolute atomic E-state index is 0.0211. The molecule has 3 aromatic rings. The fourth-order valence-corrected chi connectivity index (χ4v) is 5.02. The van der Waals surface area contributed by atoms with Crippen LogP contribution in [0.15, 0.2) is 54.0 Å². The van der Waals surface area contributed by atoms with Gasteiger partial charge in [-0.25, -0.2) is 0 Å². The van der Waals surface area contributed by atoms with Crippen molar-refractivity contribution >= 4 is 34.4 Å². The summed E-state index contributed by atoms with van der Waals surface area (Å²) in [5, 5.41) is 6.29. The van der Waals surface area contributed by atoms with Gasteiger partial charge in [0, 0.05) is 22.8 Å². The van der Waals surface area contributed by atoms with E-state index in [1.807, 2.05) is 42.6 Å². The number of fused-ring (bicyclic) bond motifs is 1. The van der Waals surface area contributed by atoms with E-state index in [2.05, 4.69) is 33.6 Å². The van der Waals surface area contributed by atoms with Crippen LogP contribution in [0.3, 0.4) is 0 Å². The largest absolute Gasteiger partial charge is 0.454 e. The van der Waals surface area contributed by atoms with Gasteiger partial charge in [0.15, 0.2) is 16.6 Å². The van der Waals surface area contributed by atoms with E-state index in [9.17, 15) is 0 Å². The normalized spacial score (nSPS) is 20.8. The molecule has 5 nitrogen and oxygen atoms in total. The van der Waals surface area contributed by atoms with Crippen molar-refractivity contribution in [2.75, 3.05) is 11.7 Å². The van der Waals surface area contributed by atoms with Crippen LogP contribution in [0.4, 0.5) is 5.69 Å². The van der Waals surface area contributed by atoms with Gasteiger partial charge in [-0.2, -0.15) is 0 Å². The third kappa shape index (κ3) is 2.74. The van der Waals surface area contributed by atoms with Crippen LogP contribution in [0.5, 0.6) is 11.5 Å². The second kappa shape index (κ2) is 6.51. The van der Waals surface area contributed by atoms with Crippen molar-refractivity contribution in [3.63, 3.8) is 0 Å². The van der Waals surface area contributed by atoms with Gasteiger partial charge in [0.25, 0.3) is 0 Å². The smallest absolute Gasteiger partial charge is 0.231 e. The zero-order chi connectivity index (χ0) is 18.4. The number of aryl methyl sites for hydroxylation is 1. The topological polar surface area (TPSA) is 46.6 Å². The Labute approximate surface area is 166 Å². The lowest BCUT2D eigenvalue weighted by atomic mass is 10.0. The molecular weight excluding hydrogens is 378 g/mol. The van der Waals surface area contributed by atoms with Gasteiger partial charge in [-0.1, -0.05) is 6.07 Å². The number of nitrogens with zero attached hydrogens (tertiary/aromatic N) is 2. The van der Waals surface area contributed by atoms with E-state index < -0.39 is 0 Å². The van der Waals surface area contributed by atoms with Crippen LogP contribution in [0.25, 0.3) is 0 Å². The summed E-state index contributed by atoms with van der Waals surface area (Å²) in [5.41, 5.74) is 3.21. The van der Waals surface area contributed by atoms with Crippen LogP contribution in [0.1, 0.15) is 28.2 Å². The second-order valence-electron chi connectivity index (χ2n) is 6.50. The highest BCUT2D eigenvalue weighted by Gasteiger charge is 2.42. The molecular formula is C20H17N3O2S2. The Kier molecular flexibility index (Phi) is 3.98. The van der Waals surface area contributed by atoms with E-state index in [4.69, 9.17) is 21.7 Å². The Morgan fingerprint density at radius 2 is 2.07 bits per heavy atom. The predicted octanol–water partition coefficient (Wildman–Crippen LogP) is 4.36. The first kappa shape index (κ1) is 16.5. The van der Waals surface area contributed by atoms with Gasteiger partial charge in [0.1, 0.15) is 0 Å². The number of aromatic nitrogens is 1. The molecule has 1 fully saturated rings. The SMILES string of the molecule is Cc1ccsc1[C@H]1[C@@H](c2ccccn2)NC(=S)N1c1ccc2c(c1)OCO2. The van der Waals surface area contributed by atoms with Crippen molar-refractivity contribution in [3.8, 4) is 11.5 Å². The molecule has 0 unspecified atom stereocenters. The summed E-state index contributed by atoms with van der Waals surface area (Å²) in [6, 6.07) is 14.1. The number of hydrogen-bond acceptors (Lipinski definition) is 5. The number of ether oxygens (including phenoxy) is 2. The van der Waals surface area contributed by atoms with Crippen molar-refractivity contribution in [2.45, 2.75) is 19.0 Å². The summed E-state index contributed by atoms with van der Waals surface area (Å²) in [5.74, 6) is 1.51. The molecule has 0 radical (unpaired) electrons. The average Bonchev–Trinajstić information content (AvgIpc) is 3.40. The highest BCUT2D eigenvalue weighted by molar-refractivity contribution is 7.80. The molecule has 0 bridgehead atoms. The predicted molar refractivity (Wildman–Crippen MR) is 110 cm³/mol. The molecule has 2 aliphatic heterocycles. The number of pyridine rings is 1. The quantitative estimate of drug-likeness (QED) is 0.665. The van der Waals surface area contributed by atoms with E-state index in [0.29, 0.717) is 5.11 Å². The molecule has 4 heterocycles. The lowest BCUT2D eigenvalue weighted by molar-refractivity contribution is 0.174. The van der Waals surface area contributed by atoms with Crippen molar-refractivity contribution in [2.24, 2.45) is 0 Å². The molecule has 0 amide bonds. The molecule has 1 saturated heterocycles. The Hall–Kier alpha value is -2.64. The van der Waals surface area contributed by atoms with Gasteiger partial charge < -0.3 is 19.7 Å². The number of hydrogen-bond donors (Lipinski definition) is 1. The molecule has 2 aromatic heterocycles. The van der Waals surface area contributed by atoms with E-state index in [-0.39, 0.29) is 18.9 Å². The van der Waals surface area contributed by atoms with Gasteiger partial charge in [-0.3, -0.25) is 4.98 Å². The second-order valence-corrected chi connectivity index (χ2v) is 7.84. The highest BCUT2D eigenvalue weighted by Crippen LogP contribution is 2.46. The zero-order valence-electron chi connectivity index (χ0n) is 14.6. The lowest BCUT2D eigenvalue weighted by Crippen LogP contribution is -2.29. The number of nitrogens with one attached hydrogen (secondary N) is 1. The number of rotatable bonds is 3. The highest BCUT2D eigenvalue weighted by atomic mass is 32.1. The summed E-state index contributed by atoms with van der Waals surface area (Å²) in [6.07, 6.45) is 1.82. The van der Waals surface area contributed by atoms with E-state index in [1.165, 1.54) is 10.4 Å². The number of anilines is 1.